The Morgan fingerprint density at radius 2 is 1.87 bits per heavy atom. The van der Waals surface area contributed by atoms with Crippen molar-refractivity contribution < 1.29 is 14.3 Å². The third kappa shape index (κ3) is 4.70. The SMILES string of the molecule is COc1ccc(N=C2C(=O)N(CNCCCN3CCOCC3)c3ccccc32)cc1. The van der Waals surface area contributed by atoms with Crippen LogP contribution in [0.15, 0.2) is 53.5 Å². The molecule has 2 aliphatic rings. The highest BCUT2D eigenvalue weighted by atomic mass is 16.5. The first-order chi connectivity index (χ1) is 14.8. The number of carbonyl (C=O) groups excluding carboxylic acids is 1. The van der Waals surface area contributed by atoms with Gasteiger partial charge < -0.3 is 9.47 Å². The Morgan fingerprint density at radius 1 is 1.10 bits per heavy atom. The van der Waals surface area contributed by atoms with Crippen LogP contribution in [-0.2, 0) is 9.53 Å². The first-order valence-electron chi connectivity index (χ1n) is 10.4. The van der Waals surface area contributed by atoms with Gasteiger partial charge in [-0.25, -0.2) is 4.99 Å². The smallest absolute Gasteiger partial charge is 0.278 e. The summed E-state index contributed by atoms with van der Waals surface area (Å²) in [7, 11) is 1.63. The zero-order valence-electron chi connectivity index (χ0n) is 17.3. The second-order valence-electron chi connectivity index (χ2n) is 7.37. The minimum Gasteiger partial charge on any atom is -0.497 e. The molecule has 0 atom stereocenters. The molecule has 0 unspecified atom stereocenters. The number of aliphatic imine (C=N–C) groups is 1. The number of anilines is 1. The molecule has 1 saturated heterocycles. The summed E-state index contributed by atoms with van der Waals surface area (Å²) in [5.41, 5.74) is 2.98. The molecule has 1 amide bonds. The number of nitrogens with one attached hydrogen (secondary N) is 1. The van der Waals surface area contributed by atoms with Crippen molar-refractivity contribution in [2.75, 3.05) is 58.1 Å². The monoisotopic (exact) mass is 408 g/mol. The van der Waals surface area contributed by atoms with E-state index >= 15 is 0 Å². The van der Waals surface area contributed by atoms with Crippen molar-refractivity contribution in [3.63, 3.8) is 0 Å². The highest BCUT2D eigenvalue weighted by molar-refractivity contribution is 6.54. The van der Waals surface area contributed by atoms with Crippen molar-refractivity contribution in [3.8, 4) is 5.75 Å². The third-order valence-electron chi connectivity index (χ3n) is 5.41. The molecule has 2 heterocycles. The van der Waals surface area contributed by atoms with E-state index in [2.05, 4.69) is 15.2 Å². The van der Waals surface area contributed by atoms with E-state index in [-0.39, 0.29) is 5.91 Å². The molecule has 0 spiro atoms. The van der Waals surface area contributed by atoms with E-state index in [0.717, 1.165) is 68.5 Å². The van der Waals surface area contributed by atoms with Crippen LogP contribution in [-0.4, -0.2) is 69.7 Å². The number of hydrogen-bond acceptors (Lipinski definition) is 6. The number of hydrogen-bond donors (Lipinski definition) is 1. The molecule has 1 N–H and O–H groups in total. The molecular weight excluding hydrogens is 380 g/mol. The molecule has 0 aromatic heterocycles. The Morgan fingerprint density at radius 3 is 2.63 bits per heavy atom. The van der Waals surface area contributed by atoms with Crippen molar-refractivity contribution in [1.29, 1.82) is 0 Å². The summed E-state index contributed by atoms with van der Waals surface area (Å²) >= 11 is 0. The average molecular weight is 409 g/mol. The van der Waals surface area contributed by atoms with Crippen LogP contribution in [0.1, 0.15) is 12.0 Å². The summed E-state index contributed by atoms with van der Waals surface area (Å²) in [6.45, 7) is 6.03. The Balaban J connectivity index is 1.39. The van der Waals surface area contributed by atoms with E-state index in [9.17, 15) is 4.79 Å². The number of morpholine rings is 1. The largest absolute Gasteiger partial charge is 0.497 e. The van der Waals surface area contributed by atoms with E-state index in [1.807, 2.05) is 48.5 Å². The maximum atomic E-state index is 13.1. The summed E-state index contributed by atoms with van der Waals surface area (Å²) in [6.07, 6.45) is 1.04. The van der Waals surface area contributed by atoms with Crippen molar-refractivity contribution >= 4 is 23.0 Å². The second kappa shape index (κ2) is 9.84. The van der Waals surface area contributed by atoms with Crippen LogP contribution in [0, 0.1) is 0 Å². The van der Waals surface area contributed by atoms with Crippen LogP contribution in [0.25, 0.3) is 0 Å². The molecule has 7 nitrogen and oxygen atoms in total. The van der Waals surface area contributed by atoms with Gasteiger partial charge in [0.15, 0.2) is 0 Å². The quantitative estimate of drug-likeness (QED) is 0.680. The molecule has 0 saturated carbocycles. The number of benzene rings is 2. The molecule has 30 heavy (non-hydrogen) atoms. The molecule has 0 aliphatic carbocycles. The Bertz CT molecular complexity index is 892. The third-order valence-corrected chi connectivity index (χ3v) is 5.41. The lowest BCUT2D eigenvalue weighted by Crippen LogP contribution is -2.40. The predicted molar refractivity (Wildman–Crippen MR) is 118 cm³/mol. The topological polar surface area (TPSA) is 66.4 Å². The van der Waals surface area contributed by atoms with Gasteiger partial charge in [0, 0.05) is 18.7 Å². The molecule has 1 fully saturated rings. The maximum absolute atomic E-state index is 13.1. The lowest BCUT2D eigenvalue weighted by molar-refractivity contribution is -0.112. The Labute approximate surface area is 177 Å². The van der Waals surface area contributed by atoms with Gasteiger partial charge in [0.05, 0.1) is 38.4 Å². The van der Waals surface area contributed by atoms with Gasteiger partial charge >= 0.3 is 0 Å². The average Bonchev–Trinajstić information content (AvgIpc) is 3.06. The van der Waals surface area contributed by atoms with Gasteiger partial charge in [-0.2, -0.15) is 0 Å². The van der Waals surface area contributed by atoms with Crippen LogP contribution in [0.4, 0.5) is 11.4 Å². The fraction of sp³-hybridized carbons (Fsp3) is 0.391. The number of nitrogens with zero attached hydrogens (tertiary/aromatic N) is 3. The zero-order valence-corrected chi connectivity index (χ0v) is 17.3. The fourth-order valence-corrected chi connectivity index (χ4v) is 3.76. The Kier molecular flexibility index (Phi) is 6.74. The molecular formula is C23H28N4O3. The van der Waals surface area contributed by atoms with E-state index in [0.29, 0.717) is 12.4 Å². The molecule has 158 valence electrons. The first kappa shape index (κ1) is 20.5. The van der Waals surface area contributed by atoms with E-state index in [1.54, 1.807) is 12.0 Å². The standard InChI is InChI=1S/C23H28N4O3/c1-29-19-9-7-18(8-10-19)25-22-20-5-2-3-6-21(20)27(23(22)28)17-24-11-4-12-26-13-15-30-16-14-26/h2-3,5-10,24H,4,11-17H2,1H3. The van der Waals surface area contributed by atoms with Crippen molar-refractivity contribution in [2.24, 2.45) is 4.99 Å². The molecule has 2 aliphatic heterocycles. The summed E-state index contributed by atoms with van der Waals surface area (Å²) in [5, 5.41) is 3.41. The van der Waals surface area contributed by atoms with E-state index < -0.39 is 0 Å². The minimum atomic E-state index is -0.0762. The van der Waals surface area contributed by atoms with Gasteiger partial charge in [0.2, 0.25) is 0 Å². The predicted octanol–water partition coefficient (Wildman–Crippen LogP) is 2.43. The fourth-order valence-electron chi connectivity index (χ4n) is 3.76. The molecule has 0 bridgehead atoms. The van der Waals surface area contributed by atoms with Gasteiger partial charge in [0.25, 0.3) is 5.91 Å². The molecule has 0 radical (unpaired) electrons. The number of carbonyl (C=O) groups is 1. The summed E-state index contributed by atoms with van der Waals surface area (Å²) in [4.78, 5) is 21.9. The first-order valence-corrected chi connectivity index (χ1v) is 10.4. The van der Waals surface area contributed by atoms with Gasteiger partial charge in [-0.15, -0.1) is 0 Å². The number of amides is 1. The number of ether oxygens (including phenoxy) is 2. The number of methoxy groups -OCH3 is 1. The van der Waals surface area contributed by atoms with Crippen LogP contribution in [0.2, 0.25) is 0 Å². The Hall–Kier alpha value is -2.74. The van der Waals surface area contributed by atoms with Gasteiger partial charge in [-0.1, -0.05) is 18.2 Å². The summed E-state index contributed by atoms with van der Waals surface area (Å²) < 4.78 is 10.6. The lowest BCUT2D eigenvalue weighted by atomic mass is 10.1. The molecule has 7 heteroatoms. The van der Waals surface area contributed by atoms with Crippen LogP contribution >= 0.6 is 0 Å². The van der Waals surface area contributed by atoms with E-state index in [4.69, 9.17) is 9.47 Å². The van der Waals surface area contributed by atoms with Gasteiger partial charge in [-0.05, 0) is 49.8 Å². The number of para-hydroxylation sites is 1. The van der Waals surface area contributed by atoms with Crippen molar-refractivity contribution in [1.82, 2.24) is 10.2 Å². The maximum Gasteiger partial charge on any atom is 0.278 e. The van der Waals surface area contributed by atoms with Gasteiger partial charge in [-0.3, -0.25) is 19.9 Å². The second-order valence-corrected chi connectivity index (χ2v) is 7.37. The minimum absolute atomic E-state index is 0.0762. The van der Waals surface area contributed by atoms with Crippen LogP contribution in [0.5, 0.6) is 5.75 Å². The lowest BCUT2D eigenvalue weighted by Gasteiger charge is -2.26. The molecule has 4 rings (SSSR count). The number of fused-ring (bicyclic) bond motifs is 1. The highest BCUT2D eigenvalue weighted by Crippen LogP contribution is 2.30. The van der Waals surface area contributed by atoms with Crippen LogP contribution in [0.3, 0.4) is 0 Å². The van der Waals surface area contributed by atoms with Gasteiger partial charge in [0.1, 0.15) is 11.5 Å². The highest BCUT2D eigenvalue weighted by Gasteiger charge is 2.33. The zero-order chi connectivity index (χ0) is 20.8. The summed E-state index contributed by atoms with van der Waals surface area (Å²) in [5.74, 6) is 0.688. The van der Waals surface area contributed by atoms with E-state index in [1.165, 1.54) is 0 Å². The summed E-state index contributed by atoms with van der Waals surface area (Å²) in [6, 6.07) is 15.2. The number of rotatable bonds is 8. The van der Waals surface area contributed by atoms with Crippen molar-refractivity contribution in [2.45, 2.75) is 6.42 Å². The molecule has 2 aromatic carbocycles. The normalized spacial score (nSPS) is 18.1. The molecule has 2 aromatic rings. The van der Waals surface area contributed by atoms with Crippen molar-refractivity contribution in [3.05, 3.63) is 54.1 Å². The van der Waals surface area contributed by atoms with Crippen LogP contribution < -0.4 is 15.0 Å².